The molecular weight excluding hydrogens is 276 g/mol. The molecule has 4 nitrogen and oxygen atoms in total. The second-order valence-electron chi connectivity index (χ2n) is 3.32. The summed E-state index contributed by atoms with van der Waals surface area (Å²) in [5, 5.41) is 7.84. The van der Waals surface area contributed by atoms with Crippen LogP contribution in [0.4, 0.5) is 0 Å². The molecule has 2 aromatic heterocycles. The van der Waals surface area contributed by atoms with Crippen molar-refractivity contribution in [3.8, 4) is 0 Å². The molecule has 2 heterocycles. The number of nitrogens with two attached hydrogens (primary N) is 1. The van der Waals surface area contributed by atoms with Gasteiger partial charge in [-0.2, -0.15) is 0 Å². The highest BCUT2D eigenvalue weighted by Gasteiger charge is 2.19. The molecule has 1 unspecified atom stereocenters. The van der Waals surface area contributed by atoms with Gasteiger partial charge in [-0.15, -0.1) is 16.4 Å². The minimum atomic E-state index is -0.168. The topological polar surface area (TPSA) is 56.7 Å². The van der Waals surface area contributed by atoms with E-state index < -0.39 is 0 Å². The number of rotatable bonds is 2. The zero-order valence-electron chi connectivity index (χ0n) is 8.44. The standard InChI is InChI=1S/C9H11BrN4S/c1-5-3-4-6(15-5)7(11)8-9(10)12-13-14(8)2/h3-4,7H,11H2,1-2H3. The number of nitrogens with zero attached hydrogens (tertiary/aromatic N) is 3. The lowest BCUT2D eigenvalue weighted by molar-refractivity contribution is 0.654. The second kappa shape index (κ2) is 4.03. The van der Waals surface area contributed by atoms with Crippen molar-refractivity contribution in [3.63, 3.8) is 0 Å². The zero-order valence-corrected chi connectivity index (χ0v) is 10.8. The fourth-order valence-corrected chi connectivity index (χ4v) is 2.88. The fourth-order valence-electron chi connectivity index (χ4n) is 1.42. The number of aromatic nitrogens is 3. The van der Waals surface area contributed by atoms with Crippen LogP contribution in [0.15, 0.2) is 16.7 Å². The van der Waals surface area contributed by atoms with Crippen LogP contribution in [0.3, 0.4) is 0 Å². The largest absolute Gasteiger partial charge is 0.318 e. The Morgan fingerprint density at radius 2 is 2.27 bits per heavy atom. The highest BCUT2D eigenvalue weighted by molar-refractivity contribution is 9.10. The predicted octanol–water partition coefficient (Wildman–Crippen LogP) is 2.00. The van der Waals surface area contributed by atoms with E-state index in [4.69, 9.17) is 5.73 Å². The van der Waals surface area contributed by atoms with Gasteiger partial charge in [0.15, 0.2) is 4.60 Å². The van der Waals surface area contributed by atoms with E-state index >= 15 is 0 Å². The van der Waals surface area contributed by atoms with Gasteiger partial charge in [-0.3, -0.25) is 0 Å². The summed E-state index contributed by atoms with van der Waals surface area (Å²) in [5.74, 6) is 0. The maximum atomic E-state index is 6.16. The lowest BCUT2D eigenvalue weighted by atomic mass is 10.2. The van der Waals surface area contributed by atoms with E-state index in [0.29, 0.717) is 4.60 Å². The molecule has 0 saturated carbocycles. The molecule has 2 aromatic rings. The Bertz CT molecular complexity index is 457. The number of hydrogen-bond acceptors (Lipinski definition) is 4. The van der Waals surface area contributed by atoms with Crippen LogP contribution >= 0.6 is 27.3 Å². The molecule has 0 fully saturated rings. The molecule has 0 aromatic carbocycles. The second-order valence-corrected chi connectivity index (χ2v) is 5.39. The molecule has 2 rings (SSSR count). The molecule has 0 aliphatic carbocycles. The minimum absolute atomic E-state index is 0.168. The molecule has 2 N–H and O–H groups in total. The van der Waals surface area contributed by atoms with Crippen LogP contribution in [0.2, 0.25) is 0 Å². The lowest BCUT2D eigenvalue weighted by Crippen LogP contribution is -2.15. The quantitative estimate of drug-likeness (QED) is 0.919. The van der Waals surface area contributed by atoms with Gasteiger partial charge in [0, 0.05) is 16.8 Å². The van der Waals surface area contributed by atoms with Crippen LogP contribution in [-0.2, 0) is 7.05 Å². The molecular formula is C9H11BrN4S. The van der Waals surface area contributed by atoms with Gasteiger partial charge >= 0.3 is 0 Å². The van der Waals surface area contributed by atoms with Gasteiger partial charge in [0.25, 0.3) is 0 Å². The number of hydrogen-bond donors (Lipinski definition) is 1. The van der Waals surface area contributed by atoms with Gasteiger partial charge in [0.2, 0.25) is 0 Å². The summed E-state index contributed by atoms with van der Waals surface area (Å²) in [7, 11) is 1.84. The summed E-state index contributed by atoms with van der Waals surface area (Å²) < 4.78 is 2.41. The van der Waals surface area contributed by atoms with E-state index in [2.05, 4.69) is 39.2 Å². The molecule has 6 heteroatoms. The Labute approximate surface area is 100 Å². The summed E-state index contributed by atoms with van der Waals surface area (Å²) in [6.45, 7) is 2.07. The van der Waals surface area contributed by atoms with Crippen LogP contribution in [-0.4, -0.2) is 15.0 Å². The Kier molecular flexibility index (Phi) is 2.90. The summed E-state index contributed by atoms with van der Waals surface area (Å²) in [5.41, 5.74) is 7.06. The Hall–Kier alpha value is -0.720. The zero-order chi connectivity index (χ0) is 11.0. The Morgan fingerprint density at radius 3 is 2.73 bits per heavy atom. The van der Waals surface area contributed by atoms with Crippen molar-refractivity contribution in [2.24, 2.45) is 12.8 Å². The van der Waals surface area contributed by atoms with E-state index in [-0.39, 0.29) is 6.04 Å². The highest BCUT2D eigenvalue weighted by atomic mass is 79.9. The molecule has 1 atom stereocenters. The Morgan fingerprint density at radius 1 is 1.53 bits per heavy atom. The minimum Gasteiger partial charge on any atom is -0.318 e. The van der Waals surface area contributed by atoms with Crippen molar-refractivity contribution >= 4 is 27.3 Å². The van der Waals surface area contributed by atoms with E-state index in [9.17, 15) is 0 Å². The average molecular weight is 287 g/mol. The van der Waals surface area contributed by atoms with Crippen LogP contribution < -0.4 is 5.73 Å². The molecule has 0 saturated heterocycles. The third kappa shape index (κ3) is 1.97. The van der Waals surface area contributed by atoms with Crippen molar-refractivity contribution in [1.82, 2.24) is 15.0 Å². The maximum Gasteiger partial charge on any atom is 0.153 e. The van der Waals surface area contributed by atoms with Gasteiger partial charge in [0.05, 0.1) is 11.7 Å². The van der Waals surface area contributed by atoms with Crippen LogP contribution in [0.5, 0.6) is 0 Å². The highest BCUT2D eigenvalue weighted by Crippen LogP contribution is 2.29. The maximum absolute atomic E-state index is 6.16. The first-order valence-electron chi connectivity index (χ1n) is 4.46. The molecule has 0 radical (unpaired) electrons. The third-order valence-electron chi connectivity index (χ3n) is 2.19. The first kappa shape index (κ1) is 10.8. The first-order chi connectivity index (χ1) is 7.09. The molecule has 15 heavy (non-hydrogen) atoms. The summed E-state index contributed by atoms with van der Waals surface area (Å²) in [4.78, 5) is 2.38. The molecule has 0 aliphatic heterocycles. The van der Waals surface area contributed by atoms with Crippen LogP contribution in [0, 0.1) is 6.92 Å². The normalized spacial score (nSPS) is 13.1. The van der Waals surface area contributed by atoms with Crippen LogP contribution in [0.1, 0.15) is 21.5 Å². The summed E-state index contributed by atoms with van der Waals surface area (Å²) in [6, 6.07) is 3.94. The monoisotopic (exact) mass is 286 g/mol. The van der Waals surface area contributed by atoms with Gasteiger partial charge in [-0.1, -0.05) is 5.21 Å². The van der Waals surface area contributed by atoms with Gasteiger partial charge in [0.1, 0.15) is 0 Å². The smallest absolute Gasteiger partial charge is 0.153 e. The van der Waals surface area contributed by atoms with Gasteiger partial charge in [-0.05, 0) is 35.0 Å². The van der Waals surface area contributed by atoms with Crippen molar-refractivity contribution in [3.05, 3.63) is 32.2 Å². The third-order valence-corrected chi connectivity index (χ3v) is 3.84. The average Bonchev–Trinajstić information content (AvgIpc) is 2.73. The van der Waals surface area contributed by atoms with E-state index in [1.807, 2.05) is 13.1 Å². The van der Waals surface area contributed by atoms with E-state index in [1.165, 1.54) is 4.88 Å². The van der Waals surface area contributed by atoms with Gasteiger partial charge in [-0.25, -0.2) is 4.68 Å². The first-order valence-corrected chi connectivity index (χ1v) is 6.07. The summed E-state index contributed by atoms with van der Waals surface area (Å²) in [6.07, 6.45) is 0. The van der Waals surface area contributed by atoms with Gasteiger partial charge < -0.3 is 5.73 Å². The number of aryl methyl sites for hydroxylation is 2. The summed E-state index contributed by atoms with van der Waals surface area (Å²) >= 11 is 5.05. The molecule has 0 spiro atoms. The van der Waals surface area contributed by atoms with Crippen LogP contribution in [0.25, 0.3) is 0 Å². The van der Waals surface area contributed by atoms with E-state index in [1.54, 1.807) is 16.0 Å². The van der Waals surface area contributed by atoms with Crippen molar-refractivity contribution in [2.75, 3.05) is 0 Å². The fraction of sp³-hybridized carbons (Fsp3) is 0.333. The van der Waals surface area contributed by atoms with Crippen molar-refractivity contribution in [1.29, 1.82) is 0 Å². The molecule has 80 valence electrons. The SMILES string of the molecule is Cc1ccc(C(N)c2c(Br)nnn2C)s1. The molecule has 0 amide bonds. The van der Waals surface area contributed by atoms with Crippen molar-refractivity contribution < 1.29 is 0 Å². The molecule has 0 aliphatic rings. The Balaban J connectivity index is 2.40. The predicted molar refractivity (Wildman–Crippen MR) is 63.8 cm³/mol. The van der Waals surface area contributed by atoms with Crippen molar-refractivity contribution in [2.45, 2.75) is 13.0 Å². The number of halogens is 1. The number of thiophene rings is 1. The lowest BCUT2D eigenvalue weighted by Gasteiger charge is -2.09. The molecule has 0 bridgehead atoms. The van der Waals surface area contributed by atoms with E-state index in [0.717, 1.165) is 10.6 Å².